The van der Waals surface area contributed by atoms with Crippen molar-refractivity contribution in [3.63, 3.8) is 0 Å². The maximum atomic E-state index is 10.1. The number of hydrogen-bond donors (Lipinski definition) is 2. The fraction of sp³-hybridized carbons (Fsp3) is 1.00. The largest absolute Gasteiger partial charge is 0.389 e. The second kappa shape index (κ2) is 4.37. The van der Waals surface area contributed by atoms with E-state index in [9.17, 15) is 10.2 Å². The Morgan fingerprint density at radius 3 is 2.67 bits per heavy atom. The maximum Gasteiger partial charge on any atom is 0.0928 e. The SMILES string of the molecule is CCOCC(O)CN1CC(O)(C2CC2)C1. The van der Waals surface area contributed by atoms with Crippen molar-refractivity contribution in [1.82, 2.24) is 4.90 Å². The molecule has 1 unspecified atom stereocenters. The van der Waals surface area contributed by atoms with Gasteiger partial charge in [0.25, 0.3) is 0 Å². The fourth-order valence-electron chi connectivity index (χ4n) is 2.34. The van der Waals surface area contributed by atoms with Crippen molar-refractivity contribution < 1.29 is 14.9 Å². The van der Waals surface area contributed by atoms with Gasteiger partial charge in [-0.3, -0.25) is 4.90 Å². The third-order valence-electron chi connectivity index (χ3n) is 3.32. The topological polar surface area (TPSA) is 52.9 Å². The summed E-state index contributed by atoms with van der Waals surface area (Å²) in [5.41, 5.74) is -0.439. The predicted molar refractivity (Wildman–Crippen MR) is 56.6 cm³/mol. The van der Waals surface area contributed by atoms with Crippen LogP contribution in [0.2, 0.25) is 0 Å². The van der Waals surface area contributed by atoms with Gasteiger partial charge in [-0.05, 0) is 25.7 Å². The Labute approximate surface area is 90.8 Å². The van der Waals surface area contributed by atoms with Crippen LogP contribution in [0.5, 0.6) is 0 Å². The summed E-state index contributed by atoms with van der Waals surface area (Å²) in [6, 6.07) is 0. The first kappa shape index (κ1) is 11.3. The summed E-state index contributed by atoms with van der Waals surface area (Å²) in [5.74, 6) is 0.526. The van der Waals surface area contributed by atoms with Gasteiger partial charge in [0.2, 0.25) is 0 Å². The van der Waals surface area contributed by atoms with E-state index < -0.39 is 11.7 Å². The van der Waals surface area contributed by atoms with Gasteiger partial charge in [-0.25, -0.2) is 0 Å². The lowest BCUT2D eigenvalue weighted by Crippen LogP contribution is -2.64. The molecule has 1 aliphatic carbocycles. The highest BCUT2D eigenvalue weighted by Gasteiger charge is 2.51. The fourth-order valence-corrected chi connectivity index (χ4v) is 2.34. The molecule has 2 rings (SSSR count). The summed E-state index contributed by atoms with van der Waals surface area (Å²) in [7, 11) is 0. The predicted octanol–water partition coefficient (Wildman–Crippen LogP) is -0.160. The zero-order valence-corrected chi connectivity index (χ0v) is 9.35. The van der Waals surface area contributed by atoms with E-state index in [-0.39, 0.29) is 0 Å². The van der Waals surface area contributed by atoms with Crippen LogP contribution in [0.1, 0.15) is 19.8 Å². The molecule has 0 aromatic rings. The third-order valence-corrected chi connectivity index (χ3v) is 3.32. The maximum absolute atomic E-state index is 10.1. The van der Waals surface area contributed by atoms with E-state index in [1.54, 1.807) is 0 Å². The number of aliphatic hydroxyl groups is 2. The van der Waals surface area contributed by atoms with Crippen LogP contribution in [0.4, 0.5) is 0 Å². The van der Waals surface area contributed by atoms with Crippen molar-refractivity contribution in [3.05, 3.63) is 0 Å². The van der Waals surface area contributed by atoms with E-state index >= 15 is 0 Å². The van der Waals surface area contributed by atoms with Crippen LogP contribution in [0.15, 0.2) is 0 Å². The van der Waals surface area contributed by atoms with Gasteiger partial charge < -0.3 is 14.9 Å². The number of hydrogen-bond acceptors (Lipinski definition) is 4. The summed E-state index contributed by atoms with van der Waals surface area (Å²) in [6.45, 7) is 5.02. The van der Waals surface area contributed by atoms with E-state index in [2.05, 4.69) is 4.90 Å². The zero-order chi connectivity index (χ0) is 10.9. The summed E-state index contributed by atoms with van der Waals surface area (Å²) >= 11 is 0. The van der Waals surface area contributed by atoms with Gasteiger partial charge in [0, 0.05) is 26.2 Å². The van der Waals surface area contributed by atoms with Crippen LogP contribution in [-0.4, -0.2) is 59.7 Å². The molecule has 2 fully saturated rings. The molecule has 2 aliphatic rings. The first-order valence-corrected chi connectivity index (χ1v) is 5.84. The molecule has 0 aromatic heterocycles. The normalized spacial score (nSPS) is 27.4. The third kappa shape index (κ3) is 2.69. The van der Waals surface area contributed by atoms with Gasteiger partial charge >= 0.3 is 0 Å². The molecule has 0 radical (unpaired) electrons. The lowest BCUT2D eigenvalue weighted by molar-refractivity contribution is -0.126. The molecule has 4 nitrogen and oxygen atoms in total. The van der Waals surface area contributed by atoms with Gasteiger partial charge in [-0.15, -0.1) is 0 Å². The van der Waals surface area contributed by atoms with Crippen molar-refractivity contribution in [1.29, 1.82) is 0 Å². The molecule has 15 heavy (non-hydrogen) atoms. The Hall–Kier alpha value is -0.160. The Kier molecular flexibility index (Phi) is 3.30. The van der Waals surface area contributed by atoms with Crippen molar-refractivity contribution in [2.75, 3.05) is 32.8 Å². The molecular formula is C11H21NO3. The first-order chi connectivity index (χ1) is 7.14. The van der Waals surface area contributed by atoms with Gasteiger partial charge in [-0.1, -0.05) is 0 Å². The Morgan fingerprint density at radius 2 is 2.13 bits per heavy atom. The van der Waals surface area contributed by atoms with Gasteiger partial charge in [-0.2, -0.15) is 0 Å². The molecule has 0 spiro atoms. The highest BCUT2D eigenvalue weighted by Crippen LogP contribution is 2.44. The number of nitrogens with zero attached hydrogens (tertiary/aromatic N) is 1. The van der Waals surface area contributed by atoms with Gasteiger partial charge in [0.1, 0.15) is 0 Å². The molecule has 1 saturated carbocycles. The number of aliphatic hydroxyl groups excluding tert-OH is 1. The minimum atomic E-state index is -0.439. The molecule has 0 aromatic carbocycles. The molecule has 88 valence electrons. The lowest BCUT2D eigenvalue weighted by Gasteiger charge is -2.47. The van der Waals surface area contributed by atoms with Crippen molar-refractivity contribution in [3.8, 4) is 0 Å². The standard InChI is InChI=1S/C11H21NO3/c1-2-15-6-10(13)5-12-7-11(14,8-12)9-3-4-9/h9-10,13-14H,2-8H2,1H3. The minimum absolute atomic E-state index is 0.398. The number of ether oxygens (including phenoxy) is 1. The molecule has 1 saturated heterocycles. The van der Waals surface area contributed by atoms with Gasteiger partial charge in [0.05, 0.1) is 18.3 Å². The molecule has 4 heteroatoms. The molecule has 0 amide bonds. The van der Waals surface area contributed by atoms with Crippen LogP contribution in [0, 0.1) is 5.92 Å². The van der Waals surface area contributed by atoms with Crippen molar-refractivity contribution >= 4 is 0 Å². The van der Waals surface area contributed by atoms with E-state index in [0.29, 0.717) is 25.7 Å². The Balaban J connectivity index is 1.62. The van der Waals surface area contributed by atoms with E-state index in [1.165, 1.54) is 12.8 Å². The molecular weight excluding hydrogens is 194 g/mol. The minimum Gasteiger partial charge on any atom is -0.389 e. The number of likely N-dealkylation sites (tertiary alicyclic amines) is 1. The van der Waals surface area contributed by atoms with Crippen LogP contribution in [0.3, 0.4) is 0 Å². The second-order valence-electron chi connectivity index (χ2n) is 4.86. The molecule has 1 atom stereocenters. The van der Waals surface area contributed by atoms with Crippen LogP contribution >= 0.6 is 0 Å². The summed E-state index contributed by atoms with van der Waals surface area (Å²) in [4.78, 5) is 2.10. The van der Waals surface area contributed by atoms with E-state index in [4.69, 9.17) is 4.74 Å². The first-order valence-electron chi connectivity index (χ1n) is 5.84. The molecule has 1 aliphatic heterocycles. The van der Waals surface area contributed by atoms with Crippen molar-refractivity contribution in [2.45, 2.75) is 31.5 Å². The smallest absolute Gasteiger partial charge is 0.0928 e. The van der Waals surface area contributed by atoms with Gasteiger partial charge in [0.15, 0.2) is 0 Å². The monoisotopic (exact) mass is 215 g/mol. The average Bonchev–Trinajstić information content (AvgIpc) is 2.95. The quantitative estimate of drug-likeness (QED) is 0.646. The van der Waals surface area contributed by atoms with Crippen LogP contribution < -0.4 is 0 Å². The van der Waals surface area contributed by atoms with Crippen LogP contribution in [-0.2, 0) is 4.74 Å². The summed E-state index contributed by atoms with van der Waals surface area (Å²) in [5, 5.41) is 19.6. The molecule has 2 N–H and O–H groups in total. The van der Waals surface area contributed by atoms with Crippen molar-refractivity contribution in [2.24, 2.45) is 5.92 Å². The zero-order valence-electron chi connectivity index (χ0n) is 9.35. The van der Waals surface area contributed by atoms with Crippen LogP contribution in [0.25, 0.3) is 0 Å². The van der Waals surface area contributed by atoms with E-state index in [1.807, 2.05) is 6.92 Å². The van der Waals surface area contributed by atoms with E-state index in [0.717, 1.165) is 13.1 Å². The highest BCUT2D eigenvalue weighted by atomic mass is 16.5. The Morgan fingerprint density at radius 1 is 1.47 bits per heavy atom. The number of β-amino-alcohol motifs (C(OH)–C–C–N with tert-alkyl or cyclic N) is 2. The Bertz CT molecular complexity index is 212. The lowest BCUT2D eigenvalue weighted by atomic mass is 9.88. The highest BCUT2D eigenvalue weighted by molar-refractivity contribution is 5.05. The summed E-state index contributed by atoms with van der Waals surface area (Å²) < 4.78 is 5.14. The molecule has 1 heterocycles. The summed E-state index contributed by atoms with van der Waals surface area (Å²) in [6.07, 6.45) is 1.92. The second-order valence-corrected chi connectivity index (χ2v) is 4.86. The average molecular weight is 215 g/mol. The molecule has 0 bridgehead atoms. The number of rotatable bonds is 6.